The van der Waals surface area contributed by atoms with Crippen LogP contribution in [0.2, 0.25) is 0 Å². The van der Waals surface area contributed by atoms with Crippen LogP contribution < -0.4 is 9.80 Å². The molecule has 0 aromatic carbocycles. The second-order valence-corrected chi connectivity index (χ2v) is 6.86. The second kappa shape index (κ2) is 6.95. The van der Waals surface area contributed by atoms with E-state index in [0.717, 1.165) is 56.7 Å². The predicted molar refractivity (Wildman–Crippen MR) is 94.7 cm³/mol. The molecule has 0 spiro atoms. The summed E-state index contributed by atoms with van der Waals surface area (Å²) in [6, 6.07) is 2.10. The maximum absolute atomic E-state index is 5.22. The molecule has 25 heavy (non-hydrogen) atoms. The maximum atomic E-state index is 5.22. The Morgan fingerprint density at radius 3 is 2.36 bits per heavy atom. The molecule has 8 heteroatoms. The highest BCUT2D eigenvalue weighted by atomic mass is 16.5. The molecule has 4 rings (SSSR count). The average Bonchev–Trinajstić information content (AvgIpc) is 3.27. The zero-order valence-corrected chi connectivity index (χ0v) is 15.0. The summed E-state index contributed by atoms with van der Waals surface area (Å²) in [6.07, 6.45) is 2.51. The Kier molecular flexibility index (Phi) is 4.52. The van der Waals surface area contributed by atoms with Crippen LogP contribution in [0.5, 0.6) is 0 Å². The number of nitrogens with zero attached hydrogens (tertiary/aromatic N) is 7. The third-order valence-corrected chi connectivity index (χ3v) is 4.84. The van der Waals surface area contributed by atoms with Crippen LogP contribution in [0.25, 0.3) is 0 Å². The molecule has 0 atom stereocenters. The van der Waals surface area contributed by atoms with Crippen molar-refractivity contribution in [2.24, 2.45) is 0 Å². The first-order valence-corrected chi connectivity index (χ1v) is 9.04. The van der Waals surface area contributed by atoms with Crippen molar-refractivity contribution in [3.05, 3.63) is 23.5 Å². The number of piperazine rings is 1. The molecule has 2 aromatic rings. The van der Waals surface area contributed by atoms with Crippen LogP contribution in [0.15, 0.2) is 10.6 Å². The van der Waals surface area contributed by atoms with Crippen LogP contribution in [0, 0.1) is 13.8 Å². The van der Waals surface area contributed by atoms with Crippen molar-refractivity contribution in [2.45, 2.75) is 33.2 Å². The van der Waals surface area contributed by atoms with Crippen LogP contribution in [0.1, 0.15) is 30.3 Å². The molecule has 0 amide bonds. The molecule has 0 bridgehead atoms. The van der Waals surface area contributed by atoms with E-state index in [2.05, 4.69) is 42.8 Å². The maximum Gasteiger partial charge on any atom is 0.240 e. The minimum atomic E-state index is 0.689. The van der Waals surface area contributed by atoms with E-state index in [1.807, 2.05) is 6.92 Å². The second-order valence-electron chi connectivity index (χ2n) is 6.86. The Bertz CT molecular complexity index is 718. The standard InChI is InChI=1S/C17H25N7O/c1-13-11-15(23-5-3-4-6-23)20-17(18-13)24-9-7-22(8-10-24)12-16-19-14(2)21-25-16/h11H,3-10,12H2,1-2H3. The van der Waals surface area contributed by atoms with Crippen LogP contribution in [-0.4, -0.2) is 64.3 Å². The zero-order chi connectivity index (χ0) is 17.2. The van der Waals surface area contributed by atoms with Gasteiger partial charge in [-0.05, 0) is 26.7 Å². The molecule has 0 unspecified atom stereocenters. The summed E-state index contributed by atoms with van der Waals surface area (Å²) in [7, 11) is 0. The summed E-state index contributed by atoms with van der Waals surface area (Å²) in [5.41, 5.74) is 1.04. The molecule has 0 radical (unpaired) electrons. The largest absolute Gasteiger partial charge is 0.356 e. The fourth-order valence-electron chi connectivity index (χ4n) is 3.49. The number of anilines is 2. The minimum absolute atomic E-state index is 0.689. The van der Waals surface area contributed by atoms with Gasteiger partial charge < -0.3 is 14.3 Å². The molecule has 2 aliphatic heterocycles. The fraction of sp³-hybridized carbons (Fsp3) is 0.647. The lowest BCUT2D eigenvalue weighted by Crippen LogP contribution is -2.46. The molecular weight excluding hydrogens is 318 g/mol. The Balaban J connectivity index is 1.40. The molecular formula is C17H25N7O. The molecule has 0 N–H and O–H groups in total. The Morgan fingerprint density at radius 1 is 0.920 bits per heavy atom. The summed E-state index contributed by atoms with van der Waals surface area (Å²) in [5.74, 6) is 3.31. The van der Waals surface area contributed by atoms with Gasteiger partial charge in [-0.3, -0.25) is 4.90 Å². The third kappa shape index (κ3) is 3.73. The predicted octanol–water partition coefficient (Wildman–Crippen LogP) is 1.40. The van der Waals surface area contributed by atoms with Crippen molar-refractivity contribution in [1.82, 2.24) is 25.0 Å². The third-order valence-electron chi connectivity index (χ3n) is 4.84. The van der Waals surface area contributed by atoms with Gasteiger partial charge >= 0.3 is 0 Å². The van der Waals surface area contributed by atoms with E-state index in [4.69, 9.17) is 9.51 Å². The average molecular weight is 343 g/mol. The van der Waals surface area contributed by atoms with E-state index in [1.54, 1.807) is 0 Å². The Morgan fingerprint density at radius 2 is 1.68 bits per heavy atom. The summed E-state index contributed by atoms with van der Waals surface area (Å²) in [5, 5.41) is 3.85. The van der Waals surface area contributed by atoms with Crippen molar-refractivity contribution in [2.75, 3.05) is 49.1 Å². The number of aromatic nitrogens is 4. The summed E-state index contributed by atoms with van der Waals surface area (Å²) < 4.78 is 5.22. The zero-order valence-electron chi connectivity index (χ0n) is 15.0. The Hall–Kier alpha value is -2.22. The smallest absolute Gasteiger partial charge is 0.240 e. The molecule has 8 nitrogen and oxygen atoms in total. The number of rotatable bonds is 4. The first-order valence-electron chi connectivity index (χ1n) is 9.04. The Labute approximate surface area is 147 Å². The first-order chi connectivity index (χ1) is 12.2. The van der Waals surface area contributed by atoms with E-state index < -0.39 is 0 Å². The van der Waals surface area contributed by atoms with E-state index in [0.29, 0.717) is 18.3 Å². The first kappa shape index (κ1) is 16.3. The van der Waals surface area contributed by atoms with Gasteiger partial charge in [-0.2, -0.15) is 9.97 Å². The van der Waals surface area contributed by atoms with Gasteiger partial charge in [0.25, 0.3) is 0 Å². The quantitative estimate of drug-likeness (QED) is 0.825. The lowest BCUT2D eigenvalue weighted by atomic mass is 10.3. The highest BCUT2D eigenvalue weighted by Gasteiger charge is 2.22. The highest BCUT2D eigenvalue weighted by molar-refractivity contribution is 5.46. The van der Waals surface area contributed by atoms with Crippen molar-refractivity contribution in [3.63, 3.8) is 0 Å². The van der Waals surface area contributed by atoms with Crippen LogP contribution >= 0.6 is 0 Å². The molecule has 0 aliphatic carbocycles. The van der Waals surface area contributed by atoms with Crippen LogP contribution in [0.4, 0.5) is 11.8 Å². The normalized spacial score (nSPS) is 19.0. The van der Waals surface area contributed by atoms with Crippen LogP contribution in [0.3, 0.4) is 0 Å². The van der Waals surface area contributed by atoms with Gasteiger partial charge in [-0.25, -0.2) is 4.98 Å². The van der Waals surface area contributed by atoms with Crippen LogP contribution in [-0.2, 0) is 6.54 Å². The monoisotopic (exact) mass is 343 g/mol. The van der Waals surface area contributed by atoms with Crippen molar-refractivity contribution >= 4 is 11.8 Å². The lowest BCUT2D eigenvalue weighted by molar-refractivity contribution is 0.214. The number of hydrogen-bond acceptors (Lipinski definition) is 8. The van der Waals surface area contributed by atoms with E-state index in [1.165, 1.54) is 12.8 Å². The number of hydrogen-bond donors (Lipinski definition) is 0. The van der Waals surface area contributed by atoms with Gasteiger partial charge in [0.05, 0.1) is 6.54 Å². The van der Waals surface area contributed by atoms with Crippen molar-refractivity contribution in [1.29, 1.82) is 0 Å². The van der Waals surface area contributed by atoms with Gasteiger partial charge in [-0.1, -0.05) is 5.16 Å². The molecule has 2 aliphatic rings. The molecule has 2 saturated heterocycles. The van der Waals surface area contributed by atoms with Gasteiger partial charge in [0, 0.05) is 51.0 Å². The van der Waals surface area contributed by atoms with Gasteiger partial charge in [-0.15, -0.1) is 0 Å². The number of aryl methyl sites for hydroxylation is 2. The fourth-order valence-corrected chi connectivity index (χ4v) is 3.49. The summed E-state index contributed by atoms with van der Waals surface area (Å²) >= 11 is 0. The summed E-state index contributed by atoms with van der Waals surface area (Å²) in [6.45, 7) is 10.5. The lowest BCUT2D eigenvalue weighted by Gasteiger charge is -2.34. The molecule has 2 fully saturated rings. The molecule has 4 heterocycles. The van der Waals surface area contributed by atoms with Gasteiger partial charge in [0.2, 0.25) is 11.8 Å². The van der Waals surface area contributed by atoms with E-state index in [9.17, 15) is 0 Å². The van der Waals surface area contributed by atoms with Crippen molar-refractivity contribution in [3.8, 4) is 0 Å². The van der Waals surface area contributed by atoms with E-state index in [-0.39, 0.29) is 0 Å². The molecule has 134 valence electrons. The summed E-state index contributed by atoms with van der Waals surface area (Å²) in [4.78, 5) is 20.8. The van der Waals surface area contributed by atoms with Crippen molar-refractivity contribution < 1.29 is 4.52 Å². The molecule has 0 saturated carbocycles. The topological polar surface area (TPSA) is 74.4 Å². The van der Waals surface area contributed by atoms with E-state index >= 15 is 0 Å². The molecule has 2 aromatic heterocycles. The highest BCUT2D eigenvalue weighted by Crippen LogP contribution is 2.22. The van der Waals surface area contributed by atoms with Gasteiger partial charge in [0.15, 0.2) is 5.82 Å². The minimum Gasteiger partial charge on any atom is -0.356 e. The SMILES string of the molecule is Cc1cc(N2CCCC2)nc(N2CCN(Cc3nc(C)no3)CC2)n1. The van der Waals surface area contributed by atoms with Gasteiger partial charge in [0.1, 0.15) is 5.82 Å².